The Morgan fingerprint density at radius 2 is 1.35 bits per heavy atom. The topological polar surface area (TPSA) is 0 Å². The second-order valence-corrected chi connectivity index (χ2v) is 11.0. The van der Waals surface area contributed by atoms with Crippen molar-refractivity contribution in [3.05, 3.63) is 96.2 Å². The van der Waals surface area contributed by atoms with Gasteiger partial charge in [-0.05, 0) is 94.8 Å². The lowest BCUT2D eigenvalue weighted by Crippen LogP contribution is -2.13. The average Bonchev–Trinajstić information content (AvgIpc) is 3.01. The largest absolute Gasteiger partial charge is 0.103 e. The van der Waals surface area contributed by atoms with Gasteiger partial charge in [-0.3, -0.25) is 0 Å². The van der Waals surface area contributed by atoms with Crippen molar-refractivity contribution >= 4 is 0 Å². The summed E-state index contributed by atoms with van der Waals surface area (Å²) in [5.74, 6) is 1.52. The SMILES string of the molecule is C=C(C)C.C=CC.C=CCCCC.CC.CC.CCCC.CCCC1CC=C(CC(C)Cc2ccccc2)C(C)=C1CC. The van der Waals surface area contributed by atoms with Crippen molar-refractivity contribution in [1.82, 2.24) is 0 Å². The van der Waals surface area contributed by atoms with Crippen LogP contribution in [-0.2, 0) is 6.42 Å². The maximum absolute atomic E-state index is 3.60. The number of allylic oxidation sites excluding steroid dienone is 7. The second-order valence-electron chi connectivity index (χ2n) is 11.0. The quantitative estimate of drug-likeness (QED) is 0.176. The van der Waals surface area contributed by atoms with Crippen LogP contribution in [0.4, 0.5) is 0 Å². The molecule has 1 aromatic carbocycles. The molecule has 2 rings (SSSR count). The van der Waals surface area contributed by atoms with Crippen LogP contribution in [0.5, 0.6) is 0 Å². The van der Waals surface area contributed by atoms with Crippen LogP contribution in [0.3, 0.4) is 0 Å². The van der Waals surface area contributed by atoms with Crippen molar-refractivity contribution in [1.29, 1.82) is 0 Å². The van der Waals surface area contributed by atoms with E-state index < -0.39 is 0 Å². The number of unbranched alkanes of at least 4 members (excludes halogenated alkanes) is 3. The molecule has 0 aliphatic heterocycles. The fourth-order valence-electron chi connectivity index (χ4n) is 4.34. The second kappa shape index (κ2) is 42.1. The maximum atomic E-state index is 3.60. The van der Waals surface area contributed by atoms with Crippen molar-refractivity contribution in [3.8, 4) is 0 Å². The van der Waals surface area contributed by atoms with Gasteiger partial charge >= 0.3 is 0 Å². The van der Waals surface area contributed by atoms with E-state index in [-0.39, 0.29) is 0 Å². The summed E-state index contributed by atoms with van der Waals surface area (Å²) in [6.07, 6.45) is 20.2. The molecule has 1 aliphatic carbocycles. The molecule has 43 heavy (non-hydrogen) atoms. The van der Waals surface area contributed by atoms with E-state index in [2.05, 4.69) is 105 Å². The highest BCUT2D eigenvalue weighted by Crippen LogP contribution is 2.37. The Hall–Kier alpha value is -2.08. The van der Waals surface area contributed by atoms with Gasteiger partial charge in [-0.25, -0.2) is 0 Å². The molecule has 0 spiro atoms. The summed E-state index contributed by atoms with van der Waals surface area (Å²) in [6, 6.07) is 10.9. The predicted octanol–water partition coefficient (Wildman–Crippen LogP) is 15.7. The number of rotatable bonds is 11. The van der Waals surface area contributed by atoms with Crippen LogP contribution < -0.4 is 0 Å². The average molecular weight is 597 g/mol. The third-order valence-electron chi connectivity index (χ3n) is 6.38. The van der Waals surface area contributed by atoms with Gasteiger partial charge in [0.05, 0.1) is 0 Å². The molecular formula is C43H80. The van der Waals surface area contributed by atoms with Gasteiger partial charge in [0, 0.05) is 0 Å². The Morgan fingerprint density at radius 1 is 0.860 bits per heavy atom. The highest BCUT2D eigenvalue weighted by Gasteiger charge is 2.21. The standard InChI is InChI=1S/C22H32.C6H12.C4H8.C4H10.C3H6.2C2H6/c1-5-10-20-13-14-21(18(4)22(20)6-2)16-17(3)15-19-11-8-7-9-12-19;1-3-5-6-4-2;1-4(2)3;1-3-4-2;1-3-2;2*1-2/h7-9,11-12,14,17,20H,5-6,10,13,15-16H2,1-4H3;3H,1,4-6H2,2H3;1H2,2-3H3;3-4H2,1-2H3;3H,1H2,2H3;2*1-2H3. The highest BCUT2D eigenvalue weighted by atomic mass is 14.3. The molecular weight excluding hydrogens is 516 g/mol. The Morgan fingerprint density at radius 3 is 1.70 bits per heavy atom. The number of benzene rings is 1. The van der Waals surface area contributed by atoms with Crippen LogP contribution in [0.15, 0.2) is 90.6 Å². The minimum Gasteiger partial charge on any atom is -0.103 e. The third kappa shape index (κ3) is 36.0. The summed E-state index contributed by atoms with van der Waals surface area (Å²) in [5, 5.41) is 0. The molecule has 0 nitrogen and oxygen atoms in total. The zero-order valence-electron chi connectivity index (χ0n) is 32.2. The first-order valence-corrected chi connectivity index (χ1v) is 17.9. The molecule has 0 fully saturated rings. The Balaban J connectivity index is -0.000000188. The normalized spacial score (nSPS) is 13.3. The predicted molar refractivity (Wildman–Crippen MR) is 207 cm³/mol. The van der Waals surface area contributed by atoms with E-state index in [1.807, 2.05) is 54.5 Å². The lowest BCUT2D eigenvalue weighted by Gasteiger charge is -2.28. The van der Waals surface area contributed by atoms with E-state index in [1.165, 1.54) is 81.8 Å². The van der Waals surface area contributed by atoms with E-state index in [1.54, 1.807) is 22.8 Å². The van der Waals surface area contributed by atoms with Crippen molar-refractivity contribution in [2.45, 2.75) is 168 Å². The molecule has 0 radical (unpaired) electrons. The molecule has 2 atom stereocenters. The smallest absolute Gasteiger partial charge is 0.0163 e. The first kappa shape index (κ1) is 50.5. The van der Waals surface area contributed by atoms with Crippen molar-refractivity contribution in [2.24, 2.45) is 11.8 Å². The first-order chi connectivity index (χ1) is 20.6. The molecule has 0 heterocycles. The molecule has 0 saturated heterocycles. The lowest BCUT2D eigenvalue weighted by atomic mass is 9.77. The fourth-order valence-corrected chi connectivity index (χ4v) is 4.34. The summed E-state index contributed by atoms with van der Waals surface area (Å²) in [5.41, 5.74) is 7.58. The maximum Gasteiger partial charge on any atom is -0.0163 e. The molecule has 0 N–H and O–H groups in total. The van der Waals surface area contributed by atoms with Crippen LogP contribution in [-0.4, -0.2) is 0 Å². The van der Waals surface area contributed by atoms with Crippen molar-refractivity contribution < 1.29 is 0 Å². The van der Waals surface area contributed by atoms with E-state index in [4.69, 9.17) is 0 Å². The molecule has 0 aromatic heterocycles. The molecule has 1 aliphatic rings. The monoisotopic (exact) mass is 597 g/mol. The Kier molecular flexibility index (Phi) is 49.4. The molecule has 252 valence electrons. The summed E-state index contributed by atoms with van der Waals surface area (Å²) < 4.78 is 0. The van der Waals surface area contributed by atoms with Gasteiger partial charge in [-0.2, -0.15) is 0 Å². The van der Waals surface area contributed by atoms with E-state index in [0.29, 0.717) is 5.92 Å². The third-order valence-corrected chi connectivity index (χ3v) is 6.38. The van der Waals surface area contributed by atoms with Crippen LogP contribution >= 0.6 is 0 Å². The minimum atomic E-state index is 0.712. The molecule has 0 amide bonds. The molecule has 0 heteroatoms. The number of hydrogen-bond acceptors (Lipinski definition) is 0. The fraction of sp³-hybridized carbons (Fsp3) is 0.628. The zero-order valence-corrected chi connectivity index (χ0v) is 32.2. The van der Waals surface area contributed by atoms with Gasteiger partial charge in [-0.1, -0.05) is 161 Å². The molecule has 0 saturated carbocycles. The summed E-state index contributed by atoms with van der Waals surface area (Å²) in [6.45, 7) is 40.3. The van der Waals surface area contributed by atoms with E-state index >= 15 is 0 Å². The number of hydrogen-bond donors (Lipinski definition) is 0. The summed E-state index contributed by atoms with van der Waals surface area (Å²) in [7, 11) is 0. The summed E-state index contributed by atoms with van der Waals surface area (Å²) in [4.78, 5) is 0. The Labute approximate surface area is 275 Å². The molecule has 0 bridgehead atoms. The van der Waals surface area contributed by atoms with Crippen LogP contribution in [0, 0.1) is 11.8 Å². The Bertz CT molecular complexity index is 752. The lowest BCUT2D eigenvalue weighted by molar-refractivity contribution is 0.516. The minimum absolute atomic E-state index is 0.712. The van der Waals surface area contributed by atoms with Crippen molar-refractivity contribution in [2.75, 3.05) is 0 Å². The van der Waals surface area contributed by atoms with Crippen LogP contribution in [0.2, 0.25) is 0 Å². The zero-order chi connectivity index (χ0) is 34.5. The van der Waals surface area contributed by atoms with E-state index in [9.17, 15) is 0 Å². The molecule has 2 unspecified atom stereocenters. The van der Waals surface area contributed by atoms with E-state index in [0.717, 1.165) is 5.92 Å². The van der Waals surface area contributed by atoms with Gasteiger partial charge in [0.25, 0.3) is 0 Å². The van der Waals surface area contributed by atoms with Gasteiger partial charge in [-0.15, -0.1) is 19.7 Å². The summed E-state index contributed by atoms with van der Waals surface area (Å²) >= 11 is 0. The van der Waals surface area contributed by atoms with Gasteiger partial charge in [0.1, 0.15) is 0 Å². The molecule has 1 aromatic rings. The first-order valence-electron chi connectivity index (χ1n) is 17.9. The van der Waals surface area contributed by atoms with Crippen LogP contribution in [0.25, 0.3) is 0 Å². The highest BCUT2D eigenvalue weighted by molar-refractivity contribution is 5.38. The van der Waals surface area contributed by atoms with Gasteiger partial charge < -0.3 is 0 Å². The van der Waals surface area contributed by atoms with Gasteiger partial charge in [0.15, 0.2) is 0 Å². The van der Waals surface area contributed by atoms with Crippen molar-refractivity contribution in [3.63, 3.8) is 0 Å². The van der Waals surface area contributed by atoms with Gasteiger partial charge in [0.2, 0.25) is 0 Å². The van der Waals surface area contributed by atoms with Crippen LogP contribution in [0.1, 0.15) is 167 Å².